The highest BCUT2D eigenvalue weighted by atomic mass is 32.2. The van der Waals surface area contributed by atoms with Gasteiger partial charge in [-0.15, -0.1) is 11.8 Å². The molecule has 0 saturated heterocycles. The van der Waals surface area contributed by atoms with Crippen molar-refractivity contribution in [2.24, 2.45) is 0 Å². The first kappa shape index (κ1) is 14.5. The Bertz CT molecular complexity index is 283. The van der Waals surface area contributed by atoms with E-state index in [1.165, 1.54) is 18.7 Å². The van der Waals surface area contributed by atoms with Gasteiger partial charge in [0.1, 0.15) is 5.76 Å². The Morgan fingerprint density at radius 1 is 1.33 bits per heavy atom. The van der Waals surface area contributed by atoms with Gasteiger partial charge >= 0.3 is 0 Å². The molecule has 0 spiro atoms. The molecule has 1 N–H and O–H groups in total. The first-order chi connectivity index (χ1) is 6.74. The zero-order valence-corrected chi connectivity index (χ0v) is 11.9. The molecular formula is C11H20O2SSi. The van der Waals surface area contributed by atoms with Gasteiger partial charge in [0.05, 0.1) is 13.0 Å². The summed E-state index contributed by atoms with van der Waals surface area (Å²) in [5.74, 6) is 0.798. The van der Waals surface area contributed by atoms with E-state index in [2.05, 4.69) is 31.4 Å². The van der Waals surface area contributed by atoms with Crippen molar-refractivity contribution in [3.63, 3.8) is 0 Å². The second kappa shape index (κ2) is 6.18. The number of hydrogen-bond acceptors (Lipinski definition) is 3. The highest BCUT2D eigenvalue weighted by Gasteiger charge is 2.09. The van der Waals surface area contributed by atoms with E-state index in [9.17, 15) is 9.90 Å². The van der Waals surface area contributed by atoms with Gasteiger partial charge in [-0.3, -0.25) is 4.79 Å². The van der Waals surface area contributed by atoms with Gasteiger partial charge in [-0.25, -0.2) is 0 Å². The van der Waals surface area contributed by atoms with Crippen molar-refractivity contribution < 1.29 is 9.90 Å². The lowest BCUT2D eigenvalue weighted by Crippen LogP contribution is -2.15. The lowest BCUT2D eigenvalue weighted by molar-refractivity contribution is -0.113. The van der Waals surface area contributed by atoms with Crippen LogP contribution in [0.25, 0.3) is 0 Å². The molecule has 0 unspecified atom stereocenters. The number of Topliss-reactive ketones (excluding diaryl/α,β-unsaturated/α-hetero) is 1. The molecule has 0 radical (unpaired) electrons. The van der Waals surface area contributed by atoms with E-state index in [-0.39, 0.29) is 11.5 Å². The van der Waals surface area contributed by atoms with Crippen LogP contribution >= 0.6 is 11.8 Å². The predicted octanol–water partition coefficient (Wildman–Crippen LogP) is 3.53. The molecule has 0 aliphatic heterocycles. The maximum Gasteiger partial charge on any atom is 0.169 e. The number of ketones is 1. The normalized spacial score (nSPS) is 14.2. The van der Waals surface area contributed by atoms with Gasteiger partial charge in [-0.1, -0.05) is 31.4 Å². The average molecular weight is 244 g/mol. The quantitative estimate of drug-likeness (QED) is 0.457. The smallest absolute Gasteiger partial charge is 0.169 e. The Labute approximate surface area is 97.5 Å². The molecule has 0 fully saturated rings. The number of thioether (sulfide) groups is 1. The Kier molecular flexibility index (Phi) is 5.98. The summed E-state index contributed by atoms with van der Waals surface area (Å²) in [6, 6.07) is 0. The lowest BCUT2D eigenvalue weighted by Gasteiger charge is -2.08. The molecule has 0 aromatic carbocycles. The SMILES string of the molecule is CC(=O)/C(SC/C=C/[Si](C)(C)C)=C(/C)O. The average Bonchev–Trinajstić information content (AvgIpc) is 2.00. The fourth-order valence-corrected chi connectivity index (χ4v) is 2.76. The fourth-order valence-electron chi connectivity index (χ4n) is 0.994. The van der Waals surface area contributed by atoms with Gasteiger partial charge in [-0.2, -0.15) is 0 Å². The second-order valence-corrected chi connectivity index (χ2v) is 10.6. The summed E-state index contributed by atoms with van der Waals surface area (Å²) in [7, 11) is -1.14. The molecule has 4 heteroatoms. The molecule has 0 aliphatic carbocycles. The van der Waals surface area contributed by atoms with Crippen LogP contribution in [0.3, 0.4) is 0 Å². The monoisotopic (exact) mass is 244 g/mol. The van der Waals surface area contributed by atoms with Crippen molar-refractivity contribution in [1.29, 1.82) is 0 Å². The van der Waals surface area contributed by atoms with Gasteiger partial charge in [0.2, 0.25) is 0 Å². The van der Waals surface area contributed by atoms with E-state index in [0.717, 1.165) is 5.75 Å². The van der Waals surface area contributed by atoms with Crippen molar-refractivity contribution in [1.82, 2.24) is 0 Å². The van der Waals surface area contributed by atoms with Crippen LogP contribution < -0.4 is 0 Å². The first-order valence-corrected chi connectivity index (χ1v) is 9.51. The van der Waals surface area contributed by atoms with Gasteiger partial charge in [0.25, 0.3) is 0 Å². The Morgan fingerprint density at radius 2 is 1.87 bits per heavy atom. The molecule has 0 bridgehead atoms. The summed E-state index contributed by atoms with van der Waals surface area (Å²) < 4.78 is 0. The van der Waals surface area contributed by atoms with Crippen molar-refractivity contribution >= 4 is 25.6 Å². The van der Waals surface area contributed by atoms with Gasteiger partial charge in [0, 0.05) is 5.75 Å². The van der Waals surface area contributed by atoms with Crippen molar-refractivity contribution in [3.05, 3.63) is 22.4 Å². The number of carbonyl (C=O) groups is 1. The topological polar surface area (TPSA) is 37.3 Å². The third-order valence-corrected chi connectivity index (χ3v) is 4.06. The van der Waals surface area contributed by atoms with Gasteiger partial charge < -0.3 is 5.11 Å². The molecule has 0 aliphatic rings. The molecular weight excluding hydrogens is 224 g/mol. The zero-order chi connectivity index (χ0) is 12.1. The minimum Gasteiger partial charge on any atom is -0.511 e. The maximum atomic E-state index is 11.1. The standard InChI is InChI=1S/C11H20O2SSi/c1-9(12)11(10(2)13)14-7-6-8-15(3,4)5/h6,8,12H,7H2,1-5H3/b8-6+,11-9+. The maximum absolute atomic E-state index is 11.1. The molecule has 0 aromatic rings. The highest BCUT2D eigenvalue weighted by Crippen LogP contribution is 2.20. The summed E-state index contributed by atoms with van der Waals surface area (Å²) in [5.41, 5.74) is 2.24. The molecule has 0 rings (SSSR count). The summed E-state index contributed by atoms with van der Waals surface area (Å²) in [6.45, 7) is 9.80. The number of allylic oxidation sites excluding steroid dienone is 2. The number of aliphatic hydroxyl groups is 1. The van der Waals surface area contributed by atoms with E-state index < -0.39 is 8.07 Å². The zero-order valence-electron chi connectivity index (χ0n) is 10.1. The number of aliphatic hydroxyl groups excluding tert-OH is 1. The van der Waals surface area contributed by atoms with Crippen LogP contribution in [0.1, 0.15) is 13.8 Å². The van der Waals surface area contributed by atoms with Crippen LogP contribution in [0.5, 0.6) is 0 Å². The lowest BCUT2D eigenvalue weighted by atomic mass is 10.4. The summed E-state index contributed by atoms with van der Waals surface area (Å²) in [5, 5.41) is 9.26. The largest absolute Gasteiger partial charge is 0.511 e. The Morgan fingerprint density at radius 3 is 2.20 bits per heavy atom. The van der Waals surface area contributed by atoms with Crippen LogP contribution in [0.4, 0.5) is 0 Å². The van der Waals surface area contributed by atoms with Crippen LogP contribution in [0.2, 0.25) is 19.6 Å². The van der Waals surface area contributed by atoms with E-state index >= 15 is 0 Å². The Balaban J connectivity index is 4.23. The Hall–Kier alpha value is -0.483. The van der Waals surface area contributed by atoms with Crippen molar-refractivity contribution in [2.45, 2.75) is 33.5 Å². The van der Waals surface area contributed by atoms with Crippen LogP contribution in [-0.4, -0.2) is 24.7 Å². The van der Waals surface area contributed by atoms with E-state index in [1.54, 1.807) is 6.92 Å². The van der Waals surface area contributed by atoms with E-state index in [4.69, 9.17) is 0 Å². The van der Waals surface area contributed by atoms with Gasteiger partial charge in [0.15, 0.2) is 5.78 Å². The van der Waals surface area contributed by atoms with Gasteiger partial charge in [-0.05, 0) is 13.8 Å². The van der Waals surface area contributed by atoms with E-state index in [0.29, 0.717) is 4.91 Å². The van der Waals surface area contributed by atoms with Crippen LogP contribution in [0, 0.1) is 0 Å². The molecule has 15 heavy (non-hydrogen) atoms. The molecule has 2 nitrogen and oxygen atoms in total. The second-order valence-electron chi connectivity index (χ2n) is 4.55. The third-order valence-electron chi connectivity index (χ3n) is 1.59. The summed E-state index contributed by atoms with van der Waals surface area (Å²) >= 11 is 1.39. The summed E-state index contributed by atoms with van der Waals surface area (Å²) in [6.07, 6.45) is 2.09. The number of hydrogen-bond donors (Lipinski definition) is 1. The van der Waals surface area contributed by atoms with E-state index in [1.807, 2.05) is 0 Å². The highest BCUT2D eigenvalue weighted by molar-refractivity contribution is 8.04. The summed E-state index contributed by atoms with van der Waals surface area (Å²) in [4.78, 5) is 11.6. The van der Waals surface area contributed by atoms with Crippen LogP contribution in [0.15, 0.2) is 22.4 Å². The third kappa shape index (κ3) is 7.45. The molecule has 0 aromatic heterocycles. The number of rotatable bonds is 5. The molecule has 0 heterocycles. The predicted molar refractivity (Wildman–Crippen MR) is 71.0 cm³/mol. The minimum absolute atomic E-state index is 0.0681. The first-order valence-electron chi connectivity index (χ1n) is 4.95. The molecule has 0 amide bonds. The molecule has 0 saturated carbocycles. The minimum atomic E-state index is -1.14. The molecule has 86 valence electrons. The number of carbonyl (C=O) groups excluding carboxylic acids is 1. The fraction of sp³-hybridized carbons (Fsp3) is 0.545. The molecule has 0 atom stereocenters. The van der Waals surface area contributed by atoms with Crippen molar-refractivity contribution in [3.8, 4) is 0 Å². The van der Waals surface area contributed by atoms with Crippen molar-refractivity contribution in [2.75, 3.05) is 5.75 Å². The van der Waals surface area contributed by atoms with Crippen LogP contribution in [-0.2, 0) is 4.79 Å².